The van der Waals surface area contributed by atoms with Crippen LogP contribution in [0.5, 0.6) is 0 Å². The van der Waals surface area contributed by atoms with Gasteiger partial charge in [-0.3, -0.25) is 4.79 Å². The molecule has 0 saturated carbocycles. The van der Waals surface area contributed by atoms with Crippen molar-refractivity contribution < 1.29 is 14.3 Å². The average molecular weight is 304 g/mol. The summed E-state index contributed by atoms with van der Waals surface area (Å²) in [5.41, 5.74) is 1.32. The van der Waals surface area contributed by atoms with Crippen molar-refractivity contribution >= 4 is 28.0 Å². The Morgan fingerprint density at radius 3 is 3.10 bits per heavy atom. The molecule has 2 aromatic heterocycles. The van der Waals surface area contributed by atoms with E-state index in [0.29, 0.717) is 33.6 Å². The number of rotatable bonds is 4. The SMILES string of the molecule is CCC(O)c1nc(C(=O)c2c[nH]c3cc(F)ccc23)cs1. The van der Waals surface area contributed by atoms with Gasteiger partial charge < -0.3 is 10.1 Å². The van der Waals surface area contributed by atoms with Crippen LogP contribution >= 0.6 is 11.3 Å². The molecule has 1 aromatic carbocycles. The van der Waals surface area contributed by atoms with Gasteiger partial charge in [-0.2, -0.15) is 0 Å². The van der Waals surface area contributed by atoms with Crippen molar-refractivity contribution in [2.24, 2.45) is 0 Å². The number of nitrogens with one attached hydrogen (secondary N) is 1. The smallest absolute Gasteiger partial charge is 0.214 e. The van der Waals surface area contributed by atoms with E-state index < -0.39 is 6.10 Å². The molecular weight excluding hydrogens is 291 g/mol. The lowest BCUT2D eigenvalue weighted by Gasteiger charge is -2.01. The number of fused-ring (bicyclic) bond motifs is 1. The van der Waals surface area contributed by atoms with Crippen LogP contribution in [0.3, 0.4) is 0 Å². The molecule has 0 aliphatic carbocycles. The molecular formula is C15H13FN2O2S. The third-order valence-electron chi connectivity index (χ3n) is 3.31. The summed E-state index contributed by atoms with van der Waals surface area (Å²) < 4.78 is 13.2. The summed E-state index contributed by atoms with van der Waals surface area (Å²) in [5.74, 6) is -0.593. The van der Waals surface area contributed by atoms with Gasteiger partial charge in [0.2, 0.25) is 5.78 Å². The molecule has 1 unspecified atom stereocenters. The minimum Gasteiger partial charge on any atom is -0.386 e. The van der Waals surface area contributed by atoms with E-state index in [4.69, 9.17) is 0 Å². The number of nitrogens with zero attached hydrogens (tertiary/aromatic N) is 1. The average Bonchev–Trinajstić information content (AvgIpc) is 3.12. The summed E-state index contributed by atoms with van der Waals surface area (Å²) >= 11 is 1.26. The molecule has 0 radical (unpaired) electrons. The highest BCUT2D eigenvalue weighted by molar-refractivity contribution is 7.09. The van der Waals surface area contributed by atoms with Gasteiger partial charge in [0, 0.05) is 28.0 Å². The number of benzene rings is 1. The van der Waals surface area contributed by atoms with Gasteiger partial charge in [-0.15, -0.1) is 11.3 Å². The van der Waals surface area contributed by atoms with Crippen LogP contribution in [0, 0.1) is 5.82 Å². The number of aliphatic hydroxyl groups is 1. The minimum atomic E-state index is -0.645. The van der Waals surface area contributed by atoms with Gasteiger partial charge >= 0.3 is 0 Å². The Morgan fingerprint density at radius 1 is 1.52 bits per heavy atom. The molecule has 0 aliphatic rings. The van der Waals surface area contributed by atoms with Crippen LogP contribution in [-0.4, -0.2) is 20.9 Å². The number of H-pyrrole nitrogens is 1. The summed E-state index contributed by atoms with van der Waals surface area (Å²) in [6.45, 7) is 1.85. The predicted octanol–water partition coefficient (Wildman–Crippen LogP) is 3.44. The molecule has 2 N–H and O–H groups in total. The quantitative estimate of drug-likeness (QED) is 0.726. The summed E-state index contributed by atoms with van der Waals surface area (Å²) in [6, 6.07) is 4.24. The first kappa shape index (κ1) is 13.9. The fourth-order valence-corrected chi connectivity index (χ4v) is 3.01. The largest absolute Gasteiger partial charge is 0.386 e. The monoisotopic (exact) mass is 304 g/mol. The Hall–Kier alpha value is -2.05. The first-order valence-electron chi connectivity index (χ1n) is 6.55. The van der Waals surface area contributed by atoms with Crippen molar-refractivity contribution in [2.45, 2.75) is 19.4 Å². The van der Waals surface area contributed by atoms with Crippen LogP contribution < -0.4 is 0 Å². The molecule has 3 aromatic rings. The molecule has 0 fully saturated rings. The van der Waals surface area contributed by atoms with E-state index in [1.807, 2.05) is 6.92 Å². The summed E-state index contributed by atoms with van der Waals surface area (Å²) in [5, 5.41) is 12.6. The number of aliphatic hydroxyl groups excluding tert-OH is 1. The zero-order chi connectivity index (χ0) is 15.0. The second kappa shape index (κ2) is 5.38. The Morgan fingerprint density at radius 2 is 2.33 bits per heavy atom. The first-order chi connectivity index (χ1) is 10.1. The maximum Gasteiger partial charge on any atom is 0.214 e. The number of carbonyl (C=O) groups excluding carboxylic acids is 1. The second-order valence-corrected chi connectivity index (χ2v) is 5.61. The van der Waals surface area contributed by atoms with Crippen molar-refractivity contribution in [2.75, 3.05) is 0 Å². The molecule has 0 amide bonds. The Kier molecular flexibility index (Phi) is 3.57. The standard InChI is InChI=1S/C15H13FN2O2S/c1-2-13(19)15-18-12(7-21-15)14(20)10-6-17-11-5-8(16)3-4-9(10)11/h3-7,13,17,19H,2H2,1H3. The van der Waals surface area contributed by atoms with E-state index in [1.165, 1.54) is 23.5 Å². The number of hydrogen-bond donors (Lipinski definition) is 2. The lowest BCUT2D eigenvalue weighted by Crippen LogP contribution is -2.02. The van der Waals surface area contributed by atoms with Crippen LogP contribution in [0.25, 0.3) is 10.9 Å². The summed E-state index contributed by atoms with van der Waals surface area (Å²) in [4.78, 5) is 19.6. The van der Waals surface area contributed by atoms with E-state index in [9.17, 15) is 14.3 Å². The lowest BCUT2D eigenvalue weighted by molar-refractivity contribution is 0.103. The van der Waals surface area contributed by atoms with Gasteiger partial charge in [0.05, 0.1) is 0 Å². The van der Waals surface area contributed by atoms with Crippen LogP contribution in [0.15, 0.2) is 29.8 Å². The van der Waals surface area contributed by atoms with Crippen molar-refractivity contribution in [1.29, 1.82) is 0 Å². The van der Waals surface area contributed by atoms with Crippen LogP contribution in [0.1, 0.15) is 40.5 Å². The zero-order valence-electron chi connectivity index (χ0n) is 11.3. The number of hydrogen-bond acceptors (Lipinski definition) is 4. The van der Waals surface area contributed by atoms with Crippen molar-refractivity contribution in [3.8, 4) is 0 Å². The van der Waals surface area contributed by atoms with Gasteiger partial charge in [0.15, 0.2) is 0 Å². The molecule has 21 heavy (non-hydrogen) atoms. The molecule has 2 heterocycles. The van der Waals surface area contributed by atoms with Crippen LogP contribution in [-0.2, 0) is 0 Å². The number of thiazole rings is 1. The Balaban J connectivity index is 1.98. The normalized spacial score (nSPS) is 12.7. The highest BCUT2D eigenvalue weighted by Crippen LogP contribution is 2.25. The van der Waals surface area contributed by atoms with Gasteiger partial charge in [-0.1, -0.05) is 6.92 Å². The molecule has 0 aliphatic heterocycles. The Labute approximate surface area is 124 Å². The van der Waals surface area contributed by atoms with Gasteiger partial charge in [-0.25, -0.2) is 9.37 Å². The lowest BCUT2D eigenvalue weighted by atomic mass is 10.1. The fourth-order valence-electron chi connectivity index (χ4n) is 2.14. The number of carbonyl (C=O) groups is 1. The molecule has 0 bridgehead atoms. The first-order valence-corrected chi connectivity index (χ1v) is 7.43. The molecule has 3 rings (SSSR count). The third kappa shape index (κ3) is 2.48. The minimum absolute atomic E-state index is 0.237. The molecule has 6 heteroatoms. The second-order valence-electron chi connectivity index (χ2n) is 4.72. The third-order valence-corrected chi connectivity index (χ3v) is 4.26. The summed E-state index contributed by atoms with van der Waals surface area (Å²) in [6.07, 6.45) is 1.46. The molecule has 0 saturated heterocycles. The summed E-state index contributed by atoms with van der Waals surface area (Å²) in [7, 11) is 0. The number of aromatic amines is 1. The molecule has 108 valence electrons. The maximum absolute atomic E-state index is 13.2. The van der Waals surface area contributed by atoms with E-state index in [1.54, 1.807) is 17.6 Å². The van der Waals surface area contributed by atoms with Gasteiger partial charge in [0.1, 0.15) is 22.6 Å². The van der Waals surface area contributed by atoms with Crippen molar-refractivity contribution in [1.82, 2.24) is 9.97 Å². The van der Waals surface area contributed by atoms with Gasteiger partial charge in [0.25, 0.3) is 0 Å². The Bertz CT molecular complexity index is 809. The number of halogens is 1. The van der Waals surface area contributed by atoms with Crippen LogP contribution in [0.4, 0.5) is 4.39 Å². The van der Waals surface area contributed by atoms with E-state index in [2.05, 4.69) is 9.97 Å². The zero-order valence-corrected chi connectivity index (χ0v) is 12.1. The fraction of sp³-hybridized carbons (Fsp3) is 0.200. The van der Waals surface area contributed by atoms with Crippen molar-refractivity contribution in [3.63, 3.8) is 0 Å². The number of aromatic nitrogens is 2. The van der Waals surface area contributed by atoms with E-state index in [0.717, 1.165) is 0 Å². The molecule has 1 atom stereocenters. The predicted molar refractivity (Wildman–Crippen MR) is 79.1 cm³/mol. The van der Waals surface area contributed by atoms with Crippen molar-refractivity contribution in [3.05, 3.63) is 51.9 Å². The van der Waals surface area contributed by atoms with E-state index >= 15 is 0 Å². The molecule has 0 spiro atoms. The highest BCUT2D eigenvalue weighted by atomic mass is 32.1. The highest BCUT2D eigenvalue weighted by Gasteiger charge is 2.19. The van der Waals surface area contributed by atoms with Gasteiger partial charge in [-0.05, 0) is 24.6 Å². The maximum atomic E-state index is 13.2. The van der Waals surface area contributed by atoms with Crippen LogP contribution in [0.2, 0.25) is 0 Å². The topological polar surface area (TPSA) is 66.0 Å². The molecule has 4 nitrogen and oxygen atoms in total. The van der Waals surface area contributed by atoms with E-state index in [-0.39, 0.29) is 11.6 Å². The number of ketones is 1.